The summed E-state index contributed by atoms with van der Waals surface area (Å²) in [6, 6.07) is 13.9. The van der Waals surface area contributed by atoms with E-state index < -0.39 is 0 Å². The van der Waals surface area contributed by atoms with Gasteiger partial charge in [0, 0.05) is 36.2 Å². The number of benzene rings is 1. The molecule has 4 nitrogen and oxygen atoms in total. The molecule has 5 heteroatoms. The third kappa shape index (κ3) is 4.26. The molecule has 0 radical (unpaired) electrons. The monoisotopic (exact) mass is 337 g/mol. The molecule has 122 valence electrons. The van der Waals surface area contributed by atoms with Crippen LogP contribution < -0.4 is 5.32 Å². The van der Waals surface area contributed by atoms with Gasteiger partial charge in [0.15, 0.2) is 0 Å². The maximum absolute atomic E-state index is 12.1. The van der Waals surface area contributed by atoms with Crippen LogP contribution in [-0.2, 0) is 11.2 Å². The maximum Gasteiger partial charge on any atom is 0.220 e. The van der Waals surface area contributed by atoms with Gasteiger partial charge in [-0.2, -0.15) is 0 Å². The van der Waals surface area contributed by atoms with E-state index in [9.17, 15) is 4.79 Å². The Bertz CT molecular complexity index is 787. The molecule has 24 heavy (non-hydrogen) atoms. The van der Waals surface area contributed by atoms with Crippen LogP contribution in [-0.4, -0.2) is 15.9 Å². The molecule has 0 aliphatic heterocycles. The summed E-state index contributed by atoms with van der Waals surface area (Å²) in [6.45, 7) is 2.00. The molecule has 0 aliphatic rings. The Morgan fingerprint density at radius 1 is 1.21 bits per heavy atom. The van der Waals surface area contributed by atoms with Gasteiger partial charge in [-0.25, -0.2) is 4.98 Å². The number of nitrogens with one attached hydrogen (secondary N) is 1. The van der Waals surface area contributed by atoms with Crippen molar-refractivity contribution >= 4 is 17.2 Å². The van der Waals surface area contributed by atoms with Crippen molar-refractivity contribution in [1.29, 1.82) is 0 Å². The first-order chi connectivity index (χ1) is 11.7. The van der Waals surface area contributed by atoms with Crippen LogP contribution in [0, 0.1) is 0 Å². The Morgan fingerprint density at radius 3 is 2.79 bits per heavy atom. The van der Waals surface area contributed by atoms with Gasteiger partial charge in [-0.15, -0.1) is 11.3 Å². The van der Waals surface area contributed by atoms with E-state index in [0.29, 0.717) is 12.8 Å². The molecule has 1 aromatic carbocycles. The minimum atomic E-state index is 0.0148. The molecule has 0 saturated heterocycles. The lowest BCUT2D eigenvalue weighted by molar-refractivity contribution is -0.121. The second-order valence-corrected chi connectivity index (χ2v) is 6.51. The summed E-state index contributed by atoms with van der Waals surface area (Å²) in [5.41, 5.74) is 3.03. The number of nitrogens with zero attached hydrogens (tertiary/aromatic N) is 2. The molecule has 0 aliphatic carbocycles. The Kier molecular flexibility index (Phi) is 5.33. The molecular weight excluding hydrogens is 318 g/mol. The number of pyridine rings is 1. The van der Waals surface area contributed by atoms with Crippen molar-refractivity contribution in [3.05, 3.63) is 70.8 Å². The molecule has 1 atom stereocenters. The summed E-state index contributed by atoms with van der Waals surface area (Å²) in [7, 11) is 0. The minimum absolute atomic E-state index is 0.0148. The van der Waals surface area contributed by atoms with E-state index in [4.69, 9.17) is 0 Å². The molecule has 2 heterocycles. The van der Waals surface area contributed by atoms with Crippen molar-refractivity contribution in [1.82, 2.24) is 15.3 Å². The average Bonchev–Trinajstić information content (AvgIpc) is 3.10. The van der Waals surface area contributed by atoms with E-state index in [1.165, 1.54) is 0 Å². The second kappa shape index (κ2) is 7.84. The molecule has 2 aromatic heterocycles. The highest BCUT2D eigenvalue weighted by Crippen LogP contribution is 2.21. The van der Waals surface area contributed by atoms with Crippen LogP contribution in [0.1, 0.15) is 30.0 Å². The number of rotatable bonds is 6. The largest absolute Gasteiger partial charge is 0.350 e. The lowest BCUT2D eigenvalue weighted by Crippen LogP contribution is -2.26. The summed E-state index contributed by atoms with van der Waals surface area (Å²) in [6.07, 6.45) is 4.64. The van der Waals surface area contributed by atoms with E-state index in [2.05, 4.69) is 15.3 Å². The van der Waals surface area contributed by atoms with E-state index >= 15 is 0 Å². The van der Waals surface area contributed by atoms with E-state index in [-0.39, 0.29) is 11.9 Å². The van der Waals surface area contributed by atoms with Crippen LogP contribution in [0.5, 0.6) is 0 Å². The first-order valence-corrected chi connectivity index (χ1v) is 8.79. The summed E-state index contributed by atoms with van der Waals surface area (Å²) in [4.78, 5) is 20.8. The molecule has 0 fully saturated rings. The van der Waals surface area contributed by atoms with Crippen LogP contribution in [0.25, 0.3) is 11.3 Å². The van der Waals surface area contributed by atoms with Crippen molar-refractivity contribution in [2.24, 2.45) is 0 Å². The molecule has 3 rings (SSSR count). The van der Waals surface area contributed by atoms with Crippen molar-refractivity contribution in [2.75, 3.05) is 0 Å². The van der Waals surface area contributed by atoms with Gasteiger partial charge in [-0.1, -0.05) is 30.3 Å². The van der Waals surface area contributed by atoms with Gasteiger partial charge >= 0.3 is 0 Å². The van der Waals surface area contributed by atoms with Crippen LogP contribution in [0.2, 0.25) is 0 Å². The number of aromatic nitrogens is 2. The van der Waals surface area contributed by atoms with Gasteiger partial charge in [0.25, 0.3) is 0 Å². The Morgan fingerprint density at radius 2 is 2.04 bits per heavy atom. The van der Waals surface area contributed by atoms with Crippen LogP contribution in [0.3, 0.4) is 0 Å². The molecule has 0 bridgehead atoms. The highest BCUT2D eigenvalue weighted by atomic mass is 32.1. The standard InChI is InChI=1S/C19H19N3OS/c1-14(15-6-3-2-4-7-15)21-18(23)9-10-19-22-17(13-24-19)16-8-5-11-20-12-16/h2-8,11-14H,9-10H2,1H3,(H,21,23). The van der Waals surface area contributed by atoms with Gasteiger partial charge in [0.1, 0.15) is 0 Å². The molecule has 1 amide bonds. The molecule has 0 saturated carbocycles. The normalized spacial score (nSPS) is 11.9. The first-order valence-electron chi connectivity index (χ1n) is 7.91. The highest BCUT2D eigenvalue weighted by Gasteiger charge is 2.11. The van der Waals surface area contributed by atoms with E-state index in [1.807, 2.05) is 54.8 Å². The minimum Gasteiger partial charge on any atom is -0.350 e. The summed E-state index contributed by atoms with van der Waals surface area (Å²) < 4.78 is 0. The third-order valence-electron chi connectivity index (χ3n) is 3.75. The number of carbonyl (C=O) groups is 1. The zero-order valence-electron chi connectivity index (χ0n) is 13.5. The van der Waals surface area contributed by atoms with Crippen LogP contribution in [0.4, 0.5) is 0 Å². The van der Waals surface area contributed by atoms with E-state index in [0.717, 1.165) is 21.8 Å². The van der Waals surface area contributed by atoms with Gasteiger partial charge < -0.3 is 5.32 Å². The molecule has 1 unspecified atom stereocenters. The fraction of sp³-hybridized carbons (Fsp3) is 0.211. The highest BCUT2D eigenvalue weighted by molar-refractivity contribution is 7.09. The van der Waals surface area contributed by atoms with Crippen LogP contribution >= 0.6 is 11.3 Å². The van der Waals surface area contributed by atoms with E-state index in [1.54, 1.807) is 23.7 Å². The maximum atomic E-state index is 12.1. The zero-order chi connectivity index (χ0) is 16.8. The Balaban J connectivity index is 1.53. The Hall–Kier alpha value is -2.53. The summed E-state index contributed by atoms with van der Waals surface area (Å²) >= 11 is 1.58. The quantitative estimate of drug-likeness (QED) is 0.739. The van der Waals surface area contributed by atoms with Gasteiger partial charge in [0.2, 0.25) is 5.91 Å². The van der Waals surface area contributed by atoms with Crippen molar-refractivity contribution in [3.8, 4) is 11.3 Å². The lowest BCUT2D eigenvalue weighted by Gasteiger charge is -2.13. The average molecular weight is 337 g/mol. The molecule has 0 spiro atoms. The molecule has 3 aromatic rings. The van der Waals surface area contributed by atoms with Gasteiger partial charge in [-0.3, -0.25) is 9.78 Å². The predicted octanol–water partition coefficient (Wildman–Crippen LogP) is 4.02. The Labute approximate surface area is 145 Å². The van der Waals surface area contributed by atoms with Gasteiger partial charge in [0.05, 0.1) is 16.7 Å². The smallest absolute Gasteiger partial charge is 0.220 e. The SMILES string of the molecule is CC(NC(=O)CCc1nc(-c2cccnc2)cs1)c1ccccc1. The molecular formula is C19H19N3OS. The summed E-state index contributed by atoms with van der Waals surface area (Å²) in [5.74, 6) is 0.0458. The topological polar surface area (TPSA) is 54.9 Å². The number of carbonyl (C=O) groups excluding carboxylic acids is 1. The number of thiazole rings is 1. The number of aryl methyl sites for hydroxylation is 1. The van der Waals surface area contributed by atoms with Crippen molar-refractivity contribution in [3.63, 3.8) is 0 Å². The zero-order valence-corrected chi connectivity index (χ0v) is 14.3. The van der Waals surface area contributed by atoms with Gasteiger partial charge in [-0.05, 0) is 24.6 Å². The number of amides is 1. The first kappa shape index (κ1) is 16.3. The summed E-state index contributed by atoms with van der Waals surface area (Å²) in [5, 5.41) is 6.01. The third-order valence-corrected chi connectivity index (χ3v) is 4.66. The number of hydrogen-bond donors (Lipinski definition) is 1. The van der Waals surface area contributed by atoms with Crippen LogP contribution in [0.15, 0.2) is 60.2 Å². The number of hydrogen-bond acceptors (Lipinski definition) is 4. The lowest BCUT2D eigenvalue weighted by atomic mass is 10.1. The fourth-order valence-corrected chi connectivity index (χ4v) is 3.24. The fourth-order valence-electron chi connectivity index (χ4n) is 2.43. The van der Waals surface area contributed by atoms with Crippen molar-refractivity contribution < 1.29 is 4.79 Å². The second-order valence-electron chi connectivity index (χ2n) is 5.57. The van der Waals surface area contributed by atoms with Crippen molar-refractivity contribution in [2.45, 2.75) is 25.8 Å². The predicted molar refractivity (Wildman–Crippen MR) is 96.7 cm³/mol. The molecule has 1 N–H and O–H groups in total.